The number of esters is 1. The van der Waals surface area contributed by atoms with E-state index in [1.165, 1.54) is 13.0 Å². The molecule has 0 unspecified atom stereocenters. The minimum Gasteiger partial charge on any atom is -0.458 e. The Labute approximate surface area is 111 Å². The zero-order valence-electron chi connectivity index (χ0n) is 11.4. The summed E-state index contributed by atoms with van der Waals surface area (Å²) in [5, 5.41) is 2.44. The van der Waals surface area contributed by atoms with E-state index in [1.807, 2.05) is 0 Å². The average molecular weight is 268 g/mol. The molecule has 0 aliphatic carbocycles. The molecular weight excluding hydrogens is 251 g/mol. The fourth-order valence-corrected chi connectivity index (χ4v) is 1.23. The van der Waals surface area contributed by atoms with Crippen LogP contribution in [0.3, 0.4) is 0 Å². The van der Waals surface area contributed by atoms with E-state index in [9.17, 15) is 14.0 Å². The molecule has 1 atom stereocenters. The number of carbonyl (C=O) groups excluding carboxylic acids is 2. The van der Waals surface area contributed by atoms with Crippen molar-refractivity contribution in [3.63, 3.8) is 0 Å². The third-order valence-corrected chi connectivity index (χ3v) is 2.07. The molecule has 0 aliphatic rings. The van der Waals surface area contributed by atoms with Crippen LogP contribution in [0.25, 0.3) is 0 Å². The first-order chi connectivity index (χ1) is 8.69. The van der Waals surface area contributed by atoms with Crippen LogP contribution in [0.15, 0.2) is 18.3 Å². The average Bonchev–Trinajstić information content (AvgIpc) is 2.27. The molecular formula is C13H17FN2O3. The second-order valence-corrected chi connectivity index (χ2v) is 5.09. The second kappa shape index (κ2) is 5.77. The smallest absolute Gasteiger partial charge is 0.328 e. The van der Waals surface area contributed by atoms with Gasteiger partial charge >= 0.3 is 5.97 Å². The third-order valence-electron chi connectivity index (χ3n) is 2.07. The fourth-order valence-electron chi connectivity index (χ4n) is 1.23. The molecule has 1 rings (SSSR count). The van der Waals surface area contributed by atoms with Gasteiger partial charge in [0.1, 0.15) is 23.2 Å². The highest BCUT2D eigenvalue weighted by molar-refractivity contribution is 5.95. The Balaban J connectivity index is 2.61. The summed E-state index contributed by atoms with van der Waals surface area (Å²) in [5.41, 5.74) is -0.582. The summed E-state index contributed by atoms with van der Waals surface area (Å²) in [6, 6.07) is 1.56. The van der Waals surface area contributed by atoms with Gasteiger partial charge in [-0.1, -0.05) is 0 Å². The van der Waals surface area contributed by atoms with Gasteiger partial charge in [0.2, 0.25) is 0 Å². The standard InChI is InChI=1S/C13H17FN2O3/c1-8(12(18)19-13(2,3)4)16-11(17)10-6-5-9(14)7-15-10/h5-8H,1-4H3,(H,16,17)/t8-/m1/s1. The van der Waals surface area contributed by atoms with Gasteiger partial charge in [-0.05, 0) is 39.8 Å². The molecule has 6 heteroatoms. The lowest BCUT2D eigenvalue weighted by molar-refractivity contribution is -0.156. The zero-order chi connectivity index (χ0) is 14.6. The number of halogens is 1. The van der Waals surface area contributed by atoms with Crippen molar-refractivity contribution in [1.29, 1.82) is 0 Å². The van der Waals surface area contributed by atoms with E-state index in [0.29, 0.717) is 0 Å². The van der Waals surface area contributed by atoms with Crippen molar-refractivity contribution >= 4 is 11.9 Å². The number of nitrogens with one attached hydrogen (secondary N) is 1. The van der Waals surface area contributed by atoms with Crippen LogP contribution in [-0.4, -0.2) is 28.5 Å². The van der Waals surface area contributed by atoms with Crippen LogP contribution in [0.2, 0.25) is 0 Å². The molecule has 0 spiro atoms. The van der Waals surface area contributed by atoms with Crippen molar-refractivity contribution in [2.24, 2.45) is 0 Å². The molecule has 1 heterocycles. The molecule has 19 heavy (non-hydrogen) atoms. The van der Waals surface area contributed by atoms with Gasteiger partial charge in [0, 0.05) is 0 Å². The Morgan fingerprint density at radius 1 is 1.37 bits per heavy atom. The lowest BCUT2D eigenvalue weighted by Crippen LogP contribution is -2.42. The van der Waals surface area contributed by atoms with Gasteiger partial charge < -0.3 is 10.1 Å². The van der Waals surface area contributed by atoms with Crippen molar-refractivity contribution in [2.75, 3.05) is 0 Å². The van der Waals surface area contributed by atoms with E-state index in [0.717, 1.165) is 12.3 Å². The molecule has 104 valence electrons. The number of pyridine rings is 1. The summed E-state index contributed by atoms with van der Waals surface area (Å²) in [6.07, 6.45) is 0.938. The van der Waals surface area contributed by atoms with Gasteiger partial charge in [0.15, 0.2) is 0 Å². The minimum atomic E-state index is -0.807. The Morgan fingerprint density at radius 3 is 2.47 bits per heavy atom. The Morgan fingerprint density at radius 2 is 2.00 bits per heavy atom. The van der Waals surface area contributed by atoms with Crippen LogP contribution < -0.4 is 5.32 Å². The SMILES string of the molecule is C[C@@H](NC(=O)c1ccc(F)cn1)C(=O)OC(C)(C)C. The van der Waals surface area contributed by atoms with Crippen LogP contribution in [0.1, 0.15) is 38.2 Å². The topological polar surface area (TPSA) is 68.3 Å². The summed E-state index contributed by atoms with van der Waals surface area (Å²) >= 11 is 0. The minimum absolute atomic E-state index is 0.0387. The van der Waals surface area contributed by atoms with Gasteiger partial charge in [-0.3, -0.25) is 4.79 Å². The Hall–Kier alpha value is -1.98. The Bertz CT molecular complexity index is 466. The second-order valence-electron chi connectivity index (χ2n) is 5.09. The monoisotopic (exact) mass is 268 g/mol. The lowest BCUT2D eigenvalue weighted by Gasteiger charge is -2.22. The molecule has 0 aliphatic heterocycles. The third kappa shape index (κ3) is 5.03. The Kier molecular flexibility index (Phi) is 4.58. The molecule has 1 aromatic rings. The van der Waals surface area contributed by atoms with E-state index >= 15 is 0 Å². The summed E-state index contributed by atoms with van der Waals surface area (Å²) < 4.78 is 17.8. The van der Waals surface area contributed by atoms with Gasteiger partial charge in [-0.25, -0.2) is 14.2 Å². The molecule has 0 aromatic carbocycles. The van der Waals surface area contributed by atoms with Crippen LogP contribution in [0.5, 0.6) is 0 Å². The highest BCUT2D eigenvalue weighted by Gasteiger charge is 2.23. The molecule has 0 radical (unpaired) electrons. The number of hydrogen-bond donors (Lipinski definition) is 1. The van der Waals surface area contributed by atoms with E-state index in [1.54, 1.807) is 20.8 Å². The molecule has 0 fully saturated rings. The summed E-state index contributed by atoms with van der Waals surface area (Å²) in [5.74, 6) is -1.63. The number of amides is 1. The number of rotatable bonds is 3. The number of ether oxygens (including phenoxy) is 1. The van der Waals surface area contributed by atoms with Gasteiger partial charge in [0.25, 0.3) is 5.91 Å². The highest BCUT2D eigenvalue weighted by Crippen LogP contribution is 2.08. The molecule has 0 saturated carbocycles. The quantitative estimate of drug-likeness (QED) is 0.847. The predicted octanol–water partition coefficient (Wildman–Crippen LogP) is 1.68. The van der Waals surface area contributed by atoms with Crippen LogP contribution in [-0.2, 0) is 9.53 Å². The van der Waals surface area contributed by atoms with Gasteiger partial charge in [-0.15, -0.1) is 0 Å². The van der Waals surface area contributed by atoms with Crippen molar-refractivity contribution < 1.29 is 18.7 Å². The van der Waals surface area contributed by atoms with Gasteiger partial charge in [-0.2, -0.15) is 0 Å². The summed E-state index contributed by atoms with van der Waals surface area (Å²) in [4.78, 5) is 27.0. The largest absolute Gasteiger partial charge is 0.458 e. The van der Waals surface area contributed by atoms with E-state index in [-0.39, 0.29) is 5.69 Å². The first-order valence-corrected chi connectivity index (χ1v) is 5.84. The maximum Gasteiger partial charge on any atom is 0.328 e. The zero-order valence-corrected chi connectivity index (χ0v) is 11.4. The molecule has 1 N–H and O–H groups in total. The number of nitrogens with zero attached hydrogens (tertiary/aromatic N) is 1. The summed E-state index contributed by atoms with van der Waals surface area (Å²) in [6.45, 7) is 6.72. The van der Waals surface area contributed by atoms with Crippen LogP contribution in [0.4, 0.5) is 4.39 Å². The predicted molar refractivity (Wildman–Crippen MR) is 67.0 cm³/mol. The summed E-state index contributed by atoms with van der Waals surface area (Å²) in [7, 11) is 0. The van der Waals surface area contributed by atoms with Crippen molar-refractivity contribution in [2.45, 2.75) is 39.3 Å². The lowest BCUT2D eigenvalue weighted by atomic mass is 10.2. The van der Waals surface area contributed by atoms with Crippen LogP contribution in [0, 0.1) is 5.82 Å². The number of hydrogen-bond acceptors (Lipinski definition) is 4. The van der Waals surface area contributed by atoms with E-state index < -0.39 is 29.3 Å². The molecule has 0 bridgehead atoms. The first-order valence-electron chi connectivity index (χ1n) is 5.84. The molecule has 0 saturated heterocycles. The highest BCUT2D eigenvalue weighted by atomic mass is 19.1. The van der Waals surface area contributed by atoms with E-state index in [2.05, 4.69) is 10.3 Å². The fraction of sp³-hybridized carbons (Fsp3) is 0.462. The maximum absolute atomic E-state index is 12.7. The maximum atomic E-state index is 12.7. The van der Waals surface area contributed by atoms with Crippen molar-refractivity contribution in [3.8, 4) is 0 Å². The van der Waals surface area contributed by atoms with Crippen LogP contribution >= 0.6 is 0 Å². The van der Waals surface area contributed by atoms with Crippen molar-refractivity contribution in [3.05, 3.63) is 29.8 Å². The molecule has 1 amide bonds. The first kappa shape index (κ1) is 15.1. The van der Waals surface area contributed by atoms with Crippen molar-refractivity contribution in [1.82, 2.24) is 10.3 Å². The number of carbonyl (C=O) groups is 2. The van der Waals surface area contributed by atoms with E-state index in [4.69, 9.17) is 4.74 Å². The molecule has 5 nitrogen and oxygen atoms in total. The number of aromatic nitrogens is 1. The normalized spacial score (nSPS) is 12.7. The molecule has 1 aromatic heterocycles. The van der Waals surface area contributed by atoms with Gasteiger partial charge in [0.05, 0.1) is 6.20 Å².